The minimum atomic E-state index is -1.60. The number of hydrogen-bond donors (Lipinski definition) is 1. The van der Waals surface area contributed by atoms with E-state index in [1.54, 1.807) is 0 Å². The Balaban J connectivity index is 1.52. The standard InChI is InChI=1S/C18H16F3NO3/c19-12-5-6-13(18(21)17(12)20)22-16(23)3-1-2-11-4-7-14-15(10-11)25-9-8-24-14/h4-7,10H,1-3,8-9H2,(H,22,23). The number of amides is 1. The van der Waals surface area contributed by atoms with E-state index in [0.717, 1.165) is 17.7 Å². The van der Waals surface area contributed by atoms with E-state index in [4.69, 9.17) is 9.47 Å². The van der Waals surface area contributed by atoms with Crippen LogP contribution in [0.3, 0.4) is 0 Å². The molecule has 4 nitrogen and oxygen atoms in total. The van der Waals surface area contributed by atoms with Gasteiger partial charge in [0, 0.05) is 6.42 Å². The van der Waals surface area contributed by atoms with Gasteiger partial charge in [-0.3, -0.25) is 4.79 Å². The Labute approximate surface area is 142 Å². The number of benzene rings is 2. The highest BCUT2D eigenvalue weighted by Crippen LogP contribution is 2.31. The molecule has 2 aromatic carbocycles. The summed E-state index contributed by atoms with van der Waals surface area (Å²) in [7, 11) is 0. The predicted molar refractivity (Wildman–Crippen MR) is 85.3 cm³/mol. The van der Waals surface area contributed by atoms with Gasteiger partial charge in [0.25, 0.3) is 0 Å². The monoisotopic (exact) mass is 351 g/mol. The Morgan fingerprint density at radius 3 is 2.56 bits per heavy atom. The summed E-state index contributed by atoms with van der Waals surface area (Å²) in [5.74, 6) is -3.40. The predicted octanol–water partition coefficient (Wildman–Crippen LogP) is 3.84. The fraction of sp³-hybridized carbons (Fsp3) is 0.278. The van der Waals surface area contributed by atoms with Crippen LogP contribution in [0.5, 0.6) is 11.5 Å². The highest BCUT2D eigenvalue weighted by atomic mass is 19.2. The van der Waals surface area contributed by atoms with Gasteiger partial charge < -0.3 is 14.8 Å². The van der Waals surface area contributed by atoms with E-state index < -0.39 is 23.4 Å². The zero-order valence-electron chi connectivity index (χ0n) is 13.3. The number of carbonyl (C=O) groups excluding carboxylic acids is 1. The van der Waals surface area contributed by atoms with Gasteiger partial charge in [-0.25, -0.2) is 13.2 Å². The third-order valence-corrected chi connectivity index (χ3v) is 3.79. The van der Waals surface area contributed by atoms with Crippen molar-refractivity contribution in [2.75, 3.05) is 18.5 Å². The molecule has 2 aromatic rings. The van der Waals surface area contributed by atoms with E-state index in [-0.39, 0.29) is 12.1 Å². The largest absolute Gasteiger partial charge is 0.486 e. The summed E-state index contributed by atoms with van der Waals surface area (Å²) in [6, 6.07) is 7.33. The molecule has 1 heterocycles. The highest BCUT2D eigenvalue weighted by molar-refractivity contribution is 5.90. The van der Waals surface area contributed by atoms with Gasteiger partial charge in [-0.05, 0) is 42.7 Å². The van der Waals surface area contributed by atoms with Crippen LogP contribution in [0, 0.1) is 17.5 Å². The van der Waals surface area contributed by atoms with Crippen molar-refractivity contribution in [3.8, 4) is 11.5 Å². The molecule has 0 saturated heterocycles. The van der Waals surface area contributed by atoms with E-state index in [2.05, 4.69) is 5.32 Å². The Hall–Kier alpha value is -2.70. The Morgan fingerprint density at radius 2 is 1.76 bits per heavy atom. The van der Waals surface area contributed by atoms with Gasteiger partial charge in [-0.2, -0.15) is 0 Å². The molecule has 25 heavy (non-hydrogen) atoms. The number of carbonyl (C=O) groups is 1. The summed E-state index contributed by atoms with van der Waals surface area (Å²) in [5, 5.41) is 2.25. The van der Waals surface area contributed by atoms with Gasteiger partial charge in [0.2, 0.25) is 5.91 Å². The Morgan fingerprint density at radius 1 is 1.00 bits per heavy atom. The van der Waals surface area contributed by atoms with E-state index in [1.807, 2.05) is 18.2 Å². The minimum absolute atomic E-state index is 0.118. The third kappa shape index (κ3) is 4.04. The summed E-state index contributed by atoms with van der Waals surface area (Å²) in [5.41, 5.74) is 0.610. The summed E-state index contributed by atoms with van der Waals surface area (Å²) in [6.07, 6.45) is 1.24. The zero-order valence-corrected chi connectivity index (χ0v) is 13.3. The molecule has 0 fully saturated rings. The molecule has 0 aliphatic carbocycles. The minimum Gasteiger partial charge on any atom is -0.486 e. The topological polar surface area (TPSA) is 47.6 Å². The second kappa shape index (κ2) is 7.46. The number of anilines is 1. The van der Waals surface area contributed by atoms with Crippen LogP contribution in [0.4, 0.5) is 18.9 Å². The van der Waals surface area contributed by atoms with Crippen molar-refractivity contribution < 1.29 is 27.4 Å². The van der Waals surface area contributed by atoms with E-state index in [0.29, 0.717) is 37.6 Å². The maximum atomic E-state index is 13.5. The Bertz CT molecular complexity index is 795. The molecule has 0 bridgehead atoms. The highest BCUT2D eigenvalue weighted by Gasteiger charge is 2.15. The number of fused-ring (bicyclic) bond motifs is 1. The van der Waals surface area contributed by atoms with Crippen LogP contribution in [0.1, 0.15) is 18.4 Å². The average molecular weight is 351 g/mol. The fourth-order valence-corrected chi connectivity index (χ4v) is 2.53. The van der Waals surface area contributed by atoms with Gasteiger partial charge >= 0.3 is 0 Å². The molecular weight excluding hydrogens is 335 g/mol. The van der Waals surface area contributed by atoms with Crippen molar-refractivity contribution in [2.45, 2.75) is 19.3 Å². The maximum absolute atomic E-state index is 13.5. The SMILES string of the molecule is O=C(CCCc1ccc2c(c1)OCCO2)Nc1ccc(F)c(F)c1F. The van der Waals surface area contributed by atoms with Crippen molar-refractivity contribution in [1.29, 1.82) is 0 Å². The van der Waals surface area contributed by atoms with Crippen molar-refractivity contribution in [2.24, 2.45) is 0 Å². The summed E-state index contributed by atoms with van der Waals surface area (Å²) in [4.78, 5) is 11.8. The number of ether oxygens (including phenoxy) is 2. The lowest BCUT2D eigenvalue weighted by atomic mass is 10.1. The molecule has 0 saturated carbocycles. The van der Waals surface area contributed by atoms with Crippen molar-refractivity contribution in [3.63, 3.8) is 0 Å². The molecular formula is C18H16F3NO3. The Kier molecular flexibility index (Phi) is 5.11. The molecule has 0 radical (unpaired) electrons. The number of nitrogens with one attached hydrogen (secondary N) is 1. The first-order valence-electron chi connectivity index (χ1n) is 7.86. The summed E-state index contributed by atoms with van der Waals surface area (Å²) >= 11 is 0. The molecule has 0 aromatic heterocycles. The van der Waals surface area contributed by atoms with Gasteiger partial charge in [0.1, 0.15) is 13.2 Å². The average Bonchev–Trinajstić information content (AvgIpc) is 2.62. The van der Waals surface area contributed by atoms with Gasteiger partial charge in [-0.15, -0.1) is 0 Å². The molecule has 1 amide bonds. The smallest absolute Gasteiger partial charge is 0.224 e. The van der Waals surface area contributed by atoms with E-state index >= 15 is 0 Å². The van der Waals surface area contributed by atoms with Crippen molar-refractivity contribution in [1.82, 2.24) is 0 Å². The molecule has 1 aliphatic heterocycles. The second-order valence-corrected chi connectivity index (χ2v) is 5.60. The van der Waals surface area contributed by atoms with Crippen molar-refractivity contribution in [3.05, 3.63) is 53.3 Å². The molecule has 1 aliphatic rings. The van der Waals surface area contributed by atoms with Gasteiger partial charge in [0.05, 0.1) is 5.69 Å². The first-order chi connectivity index (χ1) is 12.0. The summed E-state index contributed by atoms with van der Waals surface area (Å²) in [6.45, 7) is 1.02. The van der Waals surface area contributed by atoms with Gasteiger partial charge in [-0.1, -0.05) is 6.07 Å². The third-order valence-electron chi connectivity index (χ3n) is 3.79. The van der Waals surface area contributed by atoms with Crippen LogP contribution < -0.4 is 14.8 Å². The van der Waals surface area contributed by atoms with Crippen molar-refractivity contribution >= 4 is 11.6 Å². The maximum Gasteiger partial charge on any atom is 0.224 e. The second-order valence-electron chi connectivity index (χ2n) is 5.60. The number of hydrogen-bond acceptors (Lipinski definition) is 3. The molecule has 7 heteroatoms. The molecule has 132 valence electrons. The fourth-order valence-electron chi connectivity index (χ4n) is 2.53. The quantitative estimate of drug-likeness (QED) is 0.833. The lowest BCUT2D eigenvalue weighted by molar-refractivity contribution is -0.116. The lowest BCUT2D eigenvalue weighted by Crippen LogP contribution is -2.15. The van der Waals surface area contributed by atoms with Crippen LogP contribution in [0.25, 0.3) is 0 Å². The molecule has 0 spiro atoms. The van der Waals surface area contributed by atoms with E-state index in [9.17, 15) is 18.0 Å². The van der Waals surface area contributed by atoms with Crippen LogP contribution in [0.15, 0.2) is 30.3 Å². The van der Waals surface area contributed by atoms with Crippen LogP contribution >= 0.6 is 0 Å². The number of rotatable bonds is 5. The zero-order chi connectivity index (χ0) is 17.8. The van der Waals surface area contributed by atoms with E-state index in [1.165, 1.54) is 0 Å². The van der Waals surface area contributed by atoms with Crippen LogP contribution in [-0.2, 0) is 11.2 Å². The first kappa shape index (κ1) is 17.1. The van der Waals surface area contributed by atoms with Gasteiger partial charge in [0.15, 0.2) is 29.0 Å². The lowest BCUT2D eigenvalue weighted by Gasteiger charge is -2.18. The molecule has 0 unspecified atom stereocenters. The number of aryl methyl sites for hydroxylation is 1. The molecule has 1 N–H and O–H groups in total. The summed E-state index contributed by atoms with van der Waals surface area (Å²) < 4.78 is 50.4. The normalized spacial score (nSPS) is 12.8. The van der Waals surface area contributed by atoms with Crippen LogP contribution in [-0.4, -0.2) is 19.1 Å². The number of halogens is 3. The first-order valence-corrected chi connectivity index (χ1v) is 7.86. The molecule has 3 rings (SSSR count). The molecule has 0 atom stereocenters. The van der Waals surface area contributed by atoms with Crippen LogP contribution in [0.2, 0.25) is 0 Å².